The minimum Gasteiger partial charge on any atom is -0.467 e. The lowest BCUT2D eigenvalue weighted by Crippen LogP contribution is -2.47. The molecule has 0 saturated carbocycles. The largest absolute Gasteiger partial charge is 0.467 e. The van der Waals surface area contributed by atoms with Gasteiger partial charge in [0.1, 0.15) is 18.9 Å². The predicted molar refractivity (Wildman–Crippen MR) is 103 cm³/mol. The molecule has 1 aromatic carbocycles. The molecule has 0 spiro atoms. The summed E-state index contributed by atoms with van der Waals surface area (Å²) in [6.07, 6.45) is 1.60. The molecule has 7 heteroatoms. The first-order chi connectivity index (χ1) is 12.7. The molecular weight excluding hydrogens is 346 g/mol. The van der Waals surface area contributed by atoms with Crippen LogP contribution in [-0.2, 0) is 22.7 Å². The van der Waals surface area contributed by atoms with Crippen LogP contribution in [0.2, 0.25) is 0 Å². The van der Waals surface area contributed by atoms with Crippen molar-refractivity contribution in [2.45, 2.75) is 39.5 Å². The molecule has 1 aromatic heterocycles. The molecule has 2 rings (SSSR count). The molecule has 2 aromatic rings. The Kier molecular flexibility index (Phi) is 7.01. The lowest BCUT2D eigenvalue weighted by Gasteiger charge is -2.23. The van der Waals surface area contributed by atoms with E-state index in [0.29, 0.717) is 18.9 Å². The first kappa shape index (κ1) is 20.5. The van der Waals surface area contributed by atoms with Gasteiger partial charge in [0.15, 0.2) is 0 Å². The molecule has 146 valence electrons. The van der Waals surface area contributed by atoms with Crippen molar-refractivity contribution in [1.82, 2.24) is 10.2 Å². The number of hydrogen-bond acceptors (Lipinski definition) is 4. The zero-order valence-electron chi connectivity index (χ0n) is 16.2. The fraction of sp³-hybridized carbons (Fsp3) is 0.400. The summed E-state index contributed by atoms with van der Waals surface area (Å²) >= 11 is 0. The summed E-state index contributed by atoms with van der Waals surface area (Å²) in [4.78, 5) is 25.6. The highest BCUT2D eigenvalue weighted by Crippen LogP contribution is 2.13. The van der Waals surface area contributed by atoms with Crippen molar-refractivity contribution >= 4 is 17.6 Å². The second-order valence-electron chi connectivity index (χ2n) is 7.36. The summed E-state index contributed by atoms with van der Waals surface area (Å²) in [6.45, 7) is 6.44. The van der Waals surface area contributed by atoms with Gasteiger partial charge < -0.3 is 24.7 Å². The van der Waals surface area contributed by atoms with Gasteiger partial charge >= 0.3 is 6.03 Å². The van der Waals surface area contributed by atoms with E-state index in [1.807, 2.05) is 51.1 Å². The minimum absolute atomic E-state index is 0.0188. The summed E-state index contributed by atoms with van der Waals surface area (Å²) in [5, 5.41) is 5.61. The third-order valence-electron chi connectivity index (χ3n) is 3.51. The smallest absolute Gasteiger partial charge is 0.322 e. The summed E-state index contributed by atoms with van der Waals surface area (Å²) in [5.41, 5.74) is 1.23. The zero-order valence-corrected chi connectivity index (χ0v) is 16.2. The summed E-state index contributed by atoms with van der Waals surface area (Å²) in [5.74, 6) is 0.551. The SMILES string of the molecule is CN(CC(=O)NC(C)(C)C)C(=O)Nc1cccc(COCc2ccco2)c1. The van der Waals surface area contributed by atoms with Gasteiger partial charge in [0.05, 0.1) is 12.9 Å². The Bertz CT molecular complexity index is 751. The molecule has 0 aliphatic heterocycles. The van der Waals surface area contributed by atoms with Crippen LogP contribution in [0.25, 0.3) is 0 Å². The van der Waals surface area contributed by atoms with Gasteiger partial charge in [-0.25, -0.2) is 4.79 Å². The molecule has 27 heavy (non-hydrogen) atoms. The first-order valence-corrected chi connectivity index (χ1v) is 8.75. The molecule has 3 amide bonds. The lowest BCUT2D eigenvalue weighted by atomic mass is 10.1. The summed E-state index contributed by atoms with van der Waals surface area (Å²) in [6, 6.07) is 10.7. The number of anilines is 1. The average Bonchev–Trinajstić information content (AvgIpc) is 3.06. The highest BCUT2D eigenvalue weighted by molar-refractivity contribution is 5.92. The predicted octanol–water partition coefficient (Wildman–Crippen LogP) is 3.37. The van der Waals surface area contributed by atoms with Crippen LogP contribution in [0.1, 0.15) is 32.1 Å². The number of carbonyl (C=O) groups is 2. The van der Waals surface area contributed by atoms with Crippen LogP contribution in [0, 0.1) is 0 Å². The van der Waals surface area contributed by atoms with Gasteiger partial charge in [-0.1, -0.05) is 12.1 Å². The number of rotatable bonds is 7. The lowest BCUT2D eigenvalue weighted by molar-refractivity contribution is -0.122. The fourth-order valence-electron chi connectivity index (χ4n) is 2.37. The van der Waals surface area contributed by atoms with Gasteiger partial charge in [0.2, 0.25) is 5.91 Å². The van der Waals surface area contributed by atoms with Crippen LogP contribution in [0.5, 0.6) is 0 Å². The van der Waals surface area contributed by atoms with Crippen molar-refractivity contribution in [2.24, 2.45) is 0 Å². The fourth-order valence-corrected chi connectivity index (χ4v) is 2.37. The van der Waals surface area contributed by atoms with Crippen molar-refractivity contribution in [3.8, 4) is 0 Å². The molecule has 0 aliphatic rings. The number of benzene rings is 1. The number of nitrogens with zero attached hydrogens (tertiary/aromatic N) is 1. The molecule has 7 nitrogen and oxygen atoms in total. The Morgan fingerprint density at radius 1 is 1.15 bits per heavy atom. The zero-order chi connectivity index (χ0) is 19.9. The van der Waals surface area contributed by atoms with Crippen LogP contribution >= 0.6 is 0 Å². The molecule has 0 fully saturated rings. The van der Waals surface area contributed by atoms with Gasteiger partial charge in [0.25, 0.3) is 0 Å². The number of likely N-dealkylation sites (N-methyl/N-ethyl adjacent to an activating group) is 1. The molecule has 1 heterocycles. The standard InChI is InChI=1S/C20H27N3O4/c1-20(2,3)22-18(24)12-23(4)19(25)21-16-8-5-7-15(11-16)13-26-14-17-9-6-10-27-17/h5-11H,12-14H2,1-4H3,(H,21,25)(H,22,24). The van der Waals surface area contributed by atoms with E-state index >= 15 is 0 Å². The van der Waals surface area contributed by atoms with Crippen molar-refractivity contribution in [1.29, 1.82) is 0 Å². The maximum Gasteiger partial charge on any atom is 0.322 e. The van der Waals surface area contributed by atoms with Gasteiger partial charge in [-0.3, -0.25) is 4.79 Å². The maximum absolute atomic E-state index is 12.3. The van der Waals surface area contributed by atoms with Crippen molar-refractivity contribution in [3.63, 3.8) is 0 Å². The number of urea groups is 1. The van der Waals surface area contributed by atoms with E-state index in [1.165, 1.54) is 4.90 Å². The van der Waals surface area contributed by atoms with Crippen LogP contribution in [-0.4, -0.2) is 36.0 Å². The highest BCUT2D eigenvalue weighted by Gasteiger charge is 2.17. The summed E-state index contributed by atoms with van der Waals surface area (Å²) in [7, 11) is 1.58. The van der Waals surface area contributed by atoms with Crippen molar-refractivity contribution in [3.05, 3.63) is 54.0 Å². The molecule has 0 aliphatic carbocycles. The van der Waals surface area contributed by atoms with Crippen LogP contribution in [0.4, 0.5) is 10.5 Å². The molecule has 0 unspecified atom stereocenters. The normalized spacial score (nSPS) is 11.1. The highest BCUT2D eigenvalue weighted by atomic mass is 16.5. The number of furan rings is 1. The van der Waals surface area contributed by atoms with Crippen LogP contribution < -0.4 is 10.6 Å². The molecule has 0 bridgehead atoms. The Morgan fingerprint density at radius 2 is 1.93 bits per heavy atom. The summed E-state index contributed by atoms with van der Waals surface area (Å²) < 4.78 is 10.8. The number of carbonyl (C=O) groups excluding carboxylic acids is 2. The Morgan fingerprint density at radius 3 is 2.59 bits per heavy atom. The second kappa shape index (κ2) is 9.23. The molecule has 0 atom stereocenters. The number of amides is 3. The molecule has 0 radical (unpaired) electrons. The van der Waals surface area contributed by atoms with Crippen LogP contribution in [0.15, 0.2) is 47.1 Å². The number of hydrogen-bond donors (Lipinski definition) is 2. The second-order valence-corrected chi connectivity index (χ2v) is 7.36. The maximum atomic E-state index is 12.3. The molecular formula is C20H27N3O4. The average molecular weight is 373 g/mol. The molecule has 2 N–H and O–H groups in total. The van der Waals surface area contributed by atoms with E-state index < -0.39 is 0 Å². The van der Waals surface area contributed by atoms with Gasteiger partial charge in [-0.2, -0.15) is 0 Å². The molecule has 0 saturated heterocycles. The van der Waals surface area contributed by atoms with Crippen LogP contribution in [0.3, 0.4) is 0 Å². The van der Waals surface area contributed by atoms with Gasteiger partial charge in [-0.15, -0.1) is 0 Å². The Balaban J connectivity index is 1.83. The van der Waals surface area contributed by atoms with E-state index in [0.717, 1.165) is 11.3 Å². The van der Waals surface area contributed by atoms with Gasteiger partial charge in [0, 0.05) is 18.3 Å². The first-order valence-electron chi connectivity index (χ1n) is 8.75. The minimum atomic E-state index is -0.354. The van der Waals surface area contributed by atoms with E-state index in [4.69, 9.17) is 9.15 Å². The monoisotopic (exact) mass is 373 g/mol. The van der Waals surface area contributed by atoms with Gasteiger partial charge in [-0.05, 0) is 50.6 Å². The Hall–Kier alpha value is -2.80. The van der Waals surface area contributed by atoms with E-state index in [1.54, 1.807) is 19.4 Å². The van der Waals surface area contributed by atoms with E-state index in [9.17, 15) is 9.59 Å². The van der Waals surface area contributed by atoms with E-state index in [2.05, 4.69) is 10.6 Å². The number of nitrogens with one attached hydrogen (secondary N) is 2. The topological polar surface area (TPSA) is 83.8 Å². The Labute approximate surface area is 159 Å². The van der Waals surface area contributed by atoms with E-state index in [-0.39, 0.29) is 24.0 Å². The third-order valence-corrected chi connectivity index (χ3v) is 3.51. The third kappa shape index (κ3) is 7.53. The van der Waals surface area contributed by atoms with Crippen molar-refractivity contribution in [2.75, 3.05) is 18.9 Å². The quantitative estimate of drug-likeness (QED) is 0.779. The van der Waals surface area contributed by atoms with Crippen molar-refractivity contribution < 1.29 is 18.7 Å². The number of ether oxygens (including phenoxy) is 1.